The first-order chi connectivity index (χ1) is 6.02. The van der Waals surface area contributed by atoms with Crippen molar-refractivity contribution in [3.8, 4) is 0 Å². The average Bonchev–Trinajstić information content (AvgIpc) is 2.49. The van der Waals surface area contributed by atoms with E-state index in [-0.39, 0.29) is 17.9 Å². The van der Waals surface area contributed by atoms with Crippen LogP contribution in [0.15, 0.2) is 0 Å². The minimum Gasteiger partial charge on any atom is -0.343 e. The Hall–Kier alpha value is -0.570. The minimum atomic E-state index is 0.183. The molecule has 0 aromatic rings. The van der Waals surface area contributed by atoms with Gasteiger partial charge < -0.3 is 10.6 Å². The van der Waals surface area contributed by atoms with Crippen LogP contribution < -0.4 is 5.73 Å². The molecule has 3 heteroatoms. The summed E-state index contributed by atoms with van der Waals surface area (Å²) in [5.41, 5.74) is 5.77. The lowest BCUT2D eigenvalue weighted by molar-refractivity contribution is -0.135. The summed E-state index contributed by atoms with van der Waals surface area (Å²) in [6.07, 6.45) is 2.84. The quantitative estimate of drug-likeness (QED) is 0.695. The van der Waals surface area contributed by atoms with Crippen molar-refractivity contribution in [3.05, 3.63) is 0 Å². The van der Waals surface area contributed by atoms with Crippen LogP contribution in [0.1, 0.15) is 33.1 Å². The Balaban J connectivity index is 2.48. The summed E-state index contributed by atoms with van der Waals surface area (Å²) >= 11 is 0. The van der Waals surface area contributed by atoms with E-state index in [9.17, 15) is 4.79 Å². The van der Waals surface area contributed by atoms with Crippen molar-refractivity contribution in [2.24, 2.45) is 11.7 Å². The summed E-state index contributed by atoms with van der Waals surface area (Å²) in [6.45, 7) is 4.07. The van der Waals surface area contributed by atoms with Gasteiger partial charge in [0.2, 0.25) is 5.91 Å². The van der Waals surface area contributed by atoms with E-state index in [2.05, 4.69) is 0 Å². The summed E-state index contributed by atoms with van der Waals surface area (Å²) in [5.74, 6) is 0.449. The van der Waals surface area contributed by atoms with Gasteiger partial charge in [0.05, 0.1) is 0 Å². The lowest BCUT2D eigenvalue weighted by atomic mass is 10.1. The zero-order chi connectivity index (χ0) is 10.0. The molecule has 76 valence electrons. The summed E-state index contributed by atoms with van der Waals surface area (Å²) in [4.78, 5) is 13.6. The summed E-state index contributed by atoms with van der Waals surface area (Å²) in [6, 6.07) is 0.541. The predicted octanol–water partition coefficient (Wildman–Crippen LogP) is 0.981. The van der Waals surface area contributed by atoms with Crippen LogP contribution in [0.4, 0.5) is 0 Å². The van der Waals surface area contributed by atoms with Crippen LogP contribution in [0, 0.1) is 5.92 Å². The first-order valence-electron chi connectivity index (χ1n) is 5.04. The van der Waals surface area contributed by atoms with Gasteiger partial charge in [0.1, 0.15) is 0 Å². The van der Waals surface area contributed by atoms with Crippen LogP contribution in [0.25, 0.3) is 0 Å². The van der Waals surface area contributed by atoms with Gasteiger partial charge >= 0.3 is 0 Å². The molecule has 1 aliphatic rings. The van der Waals surface area contributed by atoms with Gasteiger partial charge in [-0.25, -0.2) is 0 Å². The molecule has 1 amide bonds. The molecule has 0 aliphatic heterocycles. The van der Waals surface area contributed by atoms with E-state index in [4.69, 9.17) is 5.73 Å². The van der Waals surface area contributed by atoms with Crippen LogP contribution in [0.2, 0.25) is 0 Å². The SMILES string of the molecule is CC(C)N(C)C(=O)C1CCC(N)C1. The minimum absolute atomic E-state index is 0.183. The van der Waals surface area contributed by atoms with Crippen molar-refractivity contribution < 1.29 is 4.79 Å². The highest BCUT2D eigenvalue weighted by atomic mass is 16.2. The Morgan fingerprint density at radius 1 is 1.46 bits per heavy atom. The molecule has 1 saturated carbocycles. The van der Waals surface area contributed by atoms with Crippen molar-refractivity contribution in [2.45, 2.75) is 45.2 Å². The maximum Gasteiger partial charge on any atom is 0.225 e. The van der Waals surface area contributed by atoms with Crippen molar-refractivity contribution in [3.63, 3.8) is 0 Å². The molecule has 0 aromatic carbocycles. The highest BCUT2D eigenvalue weighted by Crippen LogP contribution is 2.26. The fourth-order valence-electron chi connectivity index (χ4n) is 1.78. The van der Waals surface area contributed by atoms with Crippen molar-refractivity contribution in [2.75, 3.05) is 7.05 Å². The molecule has 13 heavy (non-hydrogen) atoms. The second-order valence-electron chi connectivity index (χ2n) is 4.31. The number of nitrogens with two attached hydrogens (primary N) is 1. The van der Waals surface area contributed by atoms with Crippen LogP contribution in [0.5, 0.6) is 0 Å². The molecular formula is C10H20N2O. The zero-order valence-electron chi connectivity index (χ0n) is 8.79. The number of rotatable bonds is 2. The largest absolute Gasteiger partial charge is 0.343 e. The molecule has 0 spiro atoms. The van der Waals surface area contributed by atoms with Crippen LogP contribution in [0.3, 0.4) is 0 Å². The van der Waals surface area contributed by atoms with Gasteiger partial charge in [0, 0.05) is 25.0 Å². The summed E-state index contributed by atoms with van der Waals surface area (Å²) in [5, 5.41) is 0. The molecule has 0 radical (unpaired) electrons. The number of amides is 1. The Labute approximate surface area is 80.3 Å². The van der Waals surface area contributed by atoms with Gasteiger partial charge in [0.15, 0.2) is 0 Å². The summed E-state index contributed by atoms with van der Waals surface area (Å²) < 4.78 is 0. The van der Waals surface area contributed by atoms with Gasteiger partial charge in [0.25, 0.3) is 0 Å². The topological polar surface area (TPSA) is 46.3 Å². The summed E-state index contributed by atoms with van der Waals surface area (Å²) in [7, 11) is 1.87. The number of hydrogen-bond donors (Lipinski definition) is 1. The van der Waals surface area contributed by atoms with E-state index in [0.717, 1.165) is 19.3 Å². The van der Waals surface area contributed by atoms with Crippen molar-refractivity contribution >= 4 is 5.91 Å². The number of nitrogens with zero attached hydrogens (tertiary/aromatic N) is 1. The maximum absolute atomic E-state index is 11.8. The van der Waals surface area contributed by atoms with Gasteiger partial charge in [-0.2, -0.15) is 0 Å². The second kappa shape index (κ2) is 4.09. The third kappa shape index (κ3) is 2.44. The van der Waals surface area contributed by atoms with E-state index in [1.54, 1.807) is 0 Å². The Kier molecular flexibility index (Phi) is 3.31. The maximum atomic E-state index is 11.8. The molecular weight excluding hydrogens is 164 g/mol. The Morgan fingerprint density at radius 3 is 2.46 bits per heavy atom. The molecule has 3 nitrogen and oxygen atoms in total. The Bertz CT molecular complexity index is 191. The monoisotopic (exact) mass is 184 g/mol. The van der Waals surface area contributed by atoms with E-state index in [1.807, 2.05) is 25.8 Å². The van der Waals surface area contributed by atoms with E-state index in [1.165, 1.54) is 0 Å². The van der Waals surface area contributed by atoms with Gasteiger partial charge in [-0.05, 0) is 33.1 Å². The first kappa shape index (κ1) is 10.5. The lowest BCUT2D eigenvalue weighted by Gasteiger charge is -2.24. The fraction of sp³-hybridized carbons (Fsp3) is 0.900. The second-order valence-corrected chi connectivity index (χ2v) is 4.31. The lowest BCUT2D eigenvalue weighted by Crippen LogP contribution is -2.37. The molecule has 0 bridgehead atoms. The van der Waals surface area contributed by atoms with Crippen molar-refractivity contribution in [1.29, 1.82) is 0 Å². The molecule has 2 atom stereocenters. The molecule has 0 saturated heterocycles. The molecule has 2 N–H and O–H groups in total. The average molecular weight is 184 g/mol. The third-order valence-corrected chi connectivity index (χ3v) is 2.94. The third-order valence-electron chi connectivity index (χ3n) is 2.94. The first-order valence-corrected chi connectivity index (χ1v) is 5.04. The number of hydrogen-bond acceptors (Lipinski definition) is 2. The molecule has 0 heterocycles. The van der Waals surface area contributed by atoms with Crippen LogP contribution >= 0.6 is 0 Å². The van der Waals surface area contributed by atoms with E-state index >= 15 is 0 Å². The Morgan fingerprint density at radius 2 is 2.08 bits per heavy atom. The van der Waals surface area contributed by atoms with Crippen LogP contribution in [-0.4, -0.2) is 29.9 Å². The van der Waals surface area contributed by atoms with Gasteiger partial charge in [-0.15, -0.1) is 0 Å². The smallest absolute Gasteiger partial charge is 0.225 e. The highest BCUT2D eigenvalue weighted by Gasteiger charge is 2.30. The number of carbonyl (C=O) groups excluding carboxylic acids is 1. The highest BCUT2D eigenvalue weighted by molar-refractivity contribution is 5.79. The number of carbonyl (C=O) groups is 1. The molecule has 1 aliphatic carbocycles. The van der Waals surface area contributed by atoms with E-state index in [0.29, 0.717) is 6.04 Å². The zero-order valence-corrected chi connectivity index (χ0v) is 8.79. The molecule has 1 rings (SSSR count). The van der Waals surface area contributed by atoms with E-state index < -0.39 is 0 Å². The van der Waals surface area contributed by atoms with Gasteiger partial charge in [-0.1, -0.05) is 0 Å². The van der Waals surface area contributed by atoms with Crippen molar-refractivity contribution in [1.82, 2.24) is 4.90 Å². The normalized spacial score (nSPS) is 28.1. The standard InChI is InChI=1S/C10H20N2O/c1-7(2)12(3)10(13)8-4-5-9(11)6-8/h7-9H,4-6,11H2,1-3H3. The predicted molar refractivity (Wildman–Crippen MR) is 53.2 cm³/mol. The van der Waals surface area contributed by atoms with Crippen LogP contribution in [-0.2, 0) is 4.79 Å². The molecule has 2 unspecified atom stereocenters. The van der Waals surface area contributed by atoms with Gasteiger partial charge in [-0.3, -0.25) is 4.79 Å². The fourth-order valence-corrected chi connectivity index (χ4v) is 1.78. The molecule has 1 fully saturated rings. The molecule has 0 aromatic heterocycles.